The molecule has 0 aliphatic rings. The van der Waals surface area contributed by atoms with Gasteiger partial charge in [0.2, 0.25) is 0 Å². The number of nitrogens with one attached hydrogen (secondary N) is 1. The molecule has 3 heteroatoms. The standard InChI is InChI=1S/C12H17ClFN/c1-8(2)7-11(15-3)12-9(13)5-4-6-10(12)14/h4-6,8,11,15H,7H2,1-3H3. The van der Waals surface area contributed by atoms with E-state index in [1.165, 1.54) is 6.07 Å². The maximum absolute atomic E-state index is 13.6. The van der Waals surface area contributed by atoms with E-state index in [-0.39, 0.29) is 11.9 Å². The van der Waals surface area contributed by atoms with Crippen LogP contribution < -0.4 is 5.32 Å². The summed E-state index contributed by atoms with van der Waals surface area (Å²) in [4.78, 5) is 0. The Morgan fingerprint density at radius 1 is 1.40 bits per heavy atom. The monoisotopic (exact) mass is 229 g/mol. The average molecular weight is 230 g/mol. The number of hydrogen-bond donors (Lipinski definition) is 1. The summed E-state index contributed by atoms with van der Waals surface area (Å²) in [5.74, 6) is 0.264. The molecule has 1 aromatic carbocycles. The van der Waals surface area contributed by atoms with E-state index in [1.54, 1.807) is 12.1 Å². The van der Waals surface area contributed by atoms with Gasteiger partial charge in [-0.3, -0.25) is 0 Å². The molecule has 0 aromatic heterocycles. The van der Waals surface area contributed by atoms with Crippen molar-refractivity contribution < 1.29 is 4.39 Å². The second kappa shape index (κ2) is 5.47. The first-order valence-electron chi connectivity index (χ1n) is 5.17. The Labute approximate surface area is 95.6 Å². The van der Waals surface area contributed by atoms with Crippen LogP contribution in [0.1, 0.15) is 31.9 Å². The predicted octanol–water partition coefficient (Wildman–Crippen LogP) is 3.79. The number of hydrogen-bond acceptors (Lipinski definition) is 1. The highest BCUT2D eigenvalue weighted by atomic mass is 35.5. The van der Waals surface area contributed by atoms with Crippen LogP contribution in [0.5, 0.6) is 0 Å². The van der Waals surface area contributed by atoms with Crippen molar-refractivity contribution in [1.29, 1.82) is 0 Å². The van der Waals surface area contributed by atoms with E-state index in [4.69, 9.17) is 11.6 Å². The zero-order chi connectivity index (χ0) is 11.4. The summed E-state index contributed by atoms with van der Waals surface area (Å²) in [7, 11) is 1.83. The quantitative estimate of drug-likeness (QED) is 0.829. The van der Waals surface area contributed by atoms with Crippen LogP contribution in [0.3, 0.4) is 0 Å². The van der Waals surface area contributed by atoms with Crippen LogP contribution >= 0.6 is 11.6 Å². The fraction of sp³-hybridized carbons (Fsp3) is 0.500. The molecule has 0 radical (unpaired) electrons. The lowest BCUT2D eigenvalue weighted by atomic mass is 9.97. The second-order valence-corrected chi connectivity index (χ2v) is 4.51. The average Bonchev–Trinajstić information content (AvgIpc) is 2.15. The lowest BCUT2D eigenvalue weighted by Gasteiger charge is -2.20. The van der Waals surface area contributed by atoms with Crippen LogP contribution in [0.25, 0.3) is 0 Å². The fourth-order valence-electron chi connectivity index (χ4n) is 1.70. The van der Waals surface area contributed by atoms with E-state index in [0.717, 1.165) is 6.42 Å². The summed E-state index contributed by atoms with van der Waals surface area (Å²) < 4.78 is 13.6. The number of benzene rings is 1. The van der Waals surface area contributed by atoms with Gasteiger partial charge < -0.3 is 5.32 Å². The molecule has 1 N–H and O–H groups in total. The van der Waals surface area contributed by atoms with E-state index in [0.29, 0.717) is 16.5 Å². The molecule has 1 aromatic rings. The van der Waals surface area contributed by atoms with Gasteiger partial charge in [0, 0.05) is 16.6 Å². The van der Waals surface area contributed by atoms with E-state index in [2.05, 4.69) is 19.2 Å². The Hall–Kier alpha value is -0.600. The number of rotatable bonds is 4. The van der Waals surface area contributed by atoms with Gasteiger partial charge >= 0.3 is 0 Å². The lowest BCUT2D eigenvalue weighted by Crippen LogP contribution is -2.20. The molecule has 0 saturated carbocycles. The molecule has 0 bridgehead atoms. The summed E-state index contributed by atoms with van der Waals surface area (Å²) >= 11 is 6.01. The van der Waals surface area contributed by atoms with Crippen molar-refractivity contribution >= 4 is 11.6 Å². The Balaban J connectivity index is 3.00. The molecule has 0 saturated heterocycles. The van der Waals surface area contributed by atoms with Crippen LogP contribution in [0.2, 0.25) is 5.02 Å². The summed E-state index contributed by atoms with van der Waals surface area (Å²) in [6.45, 7) is 4.22. The van der Waals surface area contributed by atoms with Crippen molar-refractivity contribution in [3.63, 3.8) is 0 Å². The van der Waals surface area contributed by atoms with Gasteiger partial charge in [-0.2, -0.15) is 0 Å². The molecule has 1 atom stereocenters. The Morgan fingerprint density at radius 3 is 2.53 bits per heavy atom. The van der Waals surface area contributed by atoms with E-state index in [9.17, 15) is 4.39 Å². The molecular formula is C12H17ClFN. The molecule has 84 valence electrons. The maximum Gasteiger partial charge on any atom is 0.129 e. The van der Waals surface area contributed by atoms with Crippen molar-refractivity contribution in [3.8, 4) is 0 Å². The van der Waals surface area contributed by atoms with Gasteiger partial charge in [0.25, 0.3) is 0 Å². The normalized spacial score (nSPS) is 13.2. The summed E-state index contributed by atoms with van der Waals surface area (Å²) in [6, 6.07) is 4.79. The third kappa shape index (κ3) is 3.18. The highest BCUT2D eigenvalue weighted by Crippen LogP contribution is 2.29. The van der Waals surface area contributed by atoms with Crippen LogP contribution in [0.4, 0.5) is 4.39 Å². The van der Waals surface area contributed by atoms with Crippen LogP contribution in [-0.2, 0) is 0 Å². The summed E-state index contributed by atoms with van der Waals surface area (Å²) in [5.41, 5.74) is 0.579. The van der Waals surface area contributed by atoms with Crippen molar-refractivity contribution in [2.24, 2.45) is 5.92 Å². The van der Waals surface area contributed by atoms with Crippen molar-refractivity contribution in [2.75, 3.05) is 7.05 Å². The van der Waals surface area contributed by atoms with E-state index >= 15 is 0 Å². The first-order valence-corrected chi connectivity index (χ1v) is 5.55. The first kappa shape index (κ1) is 12.5. The highest BCUT2D eigenvalue weighted by molar-refractivity contribution is 6.31. The molecule has 0 spiro atoms. The molecule has 1 unspecified atom stereocenters. The van der Waals surface area contributed by atoms with Gasteiger partial charge in [-0.15, -0.1) is 0 Å². The van der Waals surface area contributed by atoms with Gasteiger partial charge in [-0.1, -0.05) is 31.5 Å². The lowest BCUT2D eigenvalue weighted by molar-refractivity contribution is 0.440. The predicted molar refractivity (Wildman–Crippen MR) is 62.7 cm³/mol. The number of halogens is 2. The van der Waals surface area contributed by atoms with E-state index < -0.39 is 0 Å². The molecule has 1 rings (SSSR count). The first-order chi connectivity index (χ1) is 7.06. The summed E-state index contributed by atoms with van der Waals surface area (Å²) in [5, 5.41) is 3.60. The van der Waals surface area contributed by atoms with Crippen molar-refractivity contribution in [1.82, 2.24) is 5.32 Å². The Morgan fingerprint density at radius 2 is 2.07 bits per heavy atom. The van der Waals surface area contributed by atoms with Crippen molar-refractivity contribution in [3.05, 3.63) is 34.6 Å². The van der Waals surface area contributed by atoms with Gasteiger partial charge in [0.1, 0.15) is 5.82 Å². The Kier molecular flexibility index (Phi) is 4.55. The summed E-state index contributed by atoms with van der Waals surface area (Å²) in [6.07, 6.45) is 0.872. The molecule has 1 nitrogen and oxygen atoms in total. The SMILES string of the molecule is CNC(CC(C)C)c1c(F)cccc1Cl. The third-order valence-electron chi connectivity index (χ3n) is 2.40. The largest absolute Gasteiger partial charge is 0.313 e. The second-order valence-electron chi connectivity index (χ2n) is 4.11. The van der Waals surface area contributed by atoms with Crippen molar-refractivity contribution in [2.45, 2.75) is 26.3 Å². The molecule has 0 aliphatic heterocycles. The van der Waals surface area contributed by atoms with Crippen LogP contribution in [0, 0.1) is 11.7 Å². The van der Waals surface area contributed by atoms with Gasteiger partial charge in [0.15, 0.2) is 0 Å². The Bertz CT molecular complexity index is 305. The fourth-order valence-corrected chi connectivity index (χ4v) is 1.99. The molecule has 0 fully saturated rings. The van der Waals surface area contributed by atoms with Crippen LogP contribution in [0.15, 0.2) is 18.2 Å². The maximum atomic E-state index is 13.6. The third-order valence-corrected chi connectivity index (χ3v) is 2.73. The molecule has 15 heavy (non-hydrogen) atoms. The van der Waals surface area contributed by atoms with Gasteiger partial charge in [-0.05, 0) is 31.5 Å². The zero-order valence-corrected chi connectivity index (χ0v) is 10.1. The minimum Gasteiger partial charge on any atom is -0.313 e. The van der Waals surface area contributed by atoms with Gasteiger partial charge in [-0.25, -0.2) is 4.39 Å². The molecule has 0 aliphatic carbocycles. The molecule has 0 amide bonds. The minimum absolute atomic E-state index is 0.0151. The molecule has 0 heterocycles. The van der Waals surface area contributed by atoms with E-state index in [1.807, 2.05) is 7.05 Å². The minimum atomic E-state index is -0.234. The smallest absolute Gasteiger partial charge is 0.129 e. The molecular weight excluding hydrogens is 213 g/mol. The van der Waals surface area contributed by atoms with Gasteiger partial charge in [0.05, 0.1) is 0 Å². The highest BCUT2D eigenvalue weighted by Gasteiger charge is 2.18. The topological polar surface area (TPSA) is 12.0 Å². The zero-order valence-electron chi connectivity index (χ0n) is 9.35. The van der Waals surface area contributed by atoms with Crippen LogP contribution in [-0.4, -0.2) is 7.05 Å².